The minimum Gasteiger partial charge on any atom is -0.392 e. The lowest BCUT2D eigenvalue weighted by Crippen LogP contribution is -2.37. The Morgan fingerprint density at radius 1 is 1.19 bits per heavy atom. The fraction of sp³-hybridized carbons (Fsp3) is 0.562. The average molecular weight is 311 g/mol. The van der Waals surface area contributed by atoms with Gasteiger partial charge in [-0.15, -0.1) is 0 Å². The van der Waals surface area contributed by atoms with E-state index in [0.29, 0.717) is 10.7 Å². The summed E-state index contributed by atoms with van der Waals surface area (Å²) in [5, 5.41) is 12.8. The van der Waals surface area contributed by atoms with Crippen molar-refractivity contribution in [1.29, 1.82) is 0 Å². The Kier molecular flexibility index (Phi) is 6.33. The molecule has 2 rings (SSSR count). The minimum atomic E-state index is -0.0358. The molecule has 0 bridgehead atoms. The molecular weight excluding hydrogens is 288 g/mol. The number of rotatable bonds is 4. The van der Waals surface area contributed by atoms with Gasteiger partial charge in [-0.2, -0.15) is 0 Å². The van der Waals surface area contributed by atoms with E-state index in [9.17, 15) is 4.79 Å². The Bertz CT molecular complexity index is 471. The molecule has 5 heteroatoms. The van der Waals surface area contributed by atoms with Crippen molar-refractivity contribution in [2.75, 3.05) is 25.0 Å². The number of amides is 1. The van der Waals surface area contributed by atoms with Crippen LogP contribution in [0.3, 0.4) is 0 Å². The smallest absolute Gasteiger partial charge is 0.241 e. The number of aliphatic hydroxyl groups excluding tert-OH is 1. The van der Waals surface area contributed by atoms with E-state index < -0.39 is 0 Å². The lowest BCUT2D eigenvalue weighted by atomic mass is 10.1. The van der Waals surface area contributed by atoms with Crippen molar-refractivity contribution in [1.82, 2.24) is 4.90 Å². The van der Waals surface area contributed by atoms with E-state index in [2.05, 4.69) is 5.32 Å². The summed E-state index contributed by atoms with van der Waals surface area (Å²) >= 11 is 6.10. The standard InChI is InChI=1S/C16H23ClN2O2/c17-14-7-6-13(12-20)10-15(14)18-11-16(21)19-8-4-2-1-3-5-9-19/h6-7,10,18,20H,1-5,8-9,11-12H2. The van der Waals surface area contributed by atoms with Crippen molar-refractivity contribution in [2.45, 2.75) is 38.7 Å². The van der Waals surface area contributed by atoms with Gasteiger partial charge in [-0.3, -0.25) is 4.79 Å². The number of nitrogens with one attached hydrogen (secondary N) is 1. The van der Waals surface area contributed by atoms with Crippen LogP contribution in [0.25, 0.3) is 0 Å². The zero-order valence-corrected chi connectivity index (χ0v) is 13.0. The Morgan fingerprint density at radius 3 is 2.52 bits per heavy atom. The number of aliphatic hydroxyl groups is 1. The van der Waals surface area contributed by atoms with Crippen molar-refractivity contribution in [3.8, 4) is 0 Å². The van der Waals surface area contributed by atoms with Crippen LogP contribution in [-0.4, -0.2) is 35.5 Å². The normalized spacial score (nSPS) is 16.2. The number of likely N-dealkylation sites (tertiary alicyclic amines) is 1. The third kappa shape index (κ3) is 4.90. The van der Waals surface area contributed by atoms with Gasteiger partial charge >= 0.3 is 0 Å². The summed E-state index contributed by atoms with van der Waals surface area (Å²) in [7, 11) is 0. The largest absolute Gasteiger partial charge is 0.392 e. The molecule has 0 aliphatic carbocycles. The molecule has 1 fully saturated rings. The van der Waals surface area contributed by atoms with Gasteiger partial charge in [0.1, 0.15) is 0 Å². The van der Waals surface area contributed by atoms with Crippen LogP contribution in [-0.2, 0) is 11.4 Å². The Morgan fingerprint density at radius 2 is 1.86 bits per heavy atom. The number of carbonyl (C=O) groups is 1. The molecule has 1 aliphatic rings. The van der Waals surface area contributed by atoms with Gasteiger partial charge in [-0.25, -0.2) is 0 Å². The van der Waals surface area contributed by atoms with Crippen LogP contribution in [0, 0.1) is 0 Å². The molecule has 0 radical (unpaired) electrons. The quantitative estimate of drug-likeness (QED) is 0.899. The van der Waals surface area contributed by atoms with E-state index >= 15 is 0 Å². The predicted octanol–water partition coefficient (Wildman–Crippen LogP) is 3.04. The van der Waals surface area contributed by atoms with Gasteiger partial charge in [-0.05, 0) is 30.5 Å². The lowest BCUT2D eigenvalue weighted by Gasteiger charge is -2.25. The first-order chi connectivity index (χ1) is 10.2. The number of benzene rings is 1. The summed E-state index contributed by atoms with van der Waals surface area (Å²) in [4.78, 5) is 14.2. The number of hydrogen-bond acceptors (Lipinski definition) is 3. The van der Waals surface area contributed by atoms with E-state index in [1.165, 1.54) is 19.3 Å². The van der Waals surface area contributed by atoms with Gasteiger partial charge in [0.25, 0.3) is 0 Å². The number of carbonyl (C=O) groups excluding carboxylic acids is 1. The Labute approximate surface area is 131 Å². The van der Waals surface area contributed by atoms with E-state index in [0.717, 1.165) is 31.5 Å². The highest BCUT2D eigenvalue weighted by atomic mass is 35.5. The molecule has 21 heavy (non-hydrogen) atoms. The highest BCUT2D eigenvalue weighted by Crippen LogP contribution is 2.23. The third-order valence-electron chi connectivity index (χ3n) is 3.85. The van der Waals surface area contributed by atoms with Gasteiger partial charge in [-0.1, -0.05) is 36.9 Å². The topological polar surface area (TPSA) is 52.6 Å². The molecule has 2 N–H and O–H groups in total. The van der Waals surface area contributed by atoms with Crippen molar-refractivity contribution in [2.24, 2.45) is 0 Å². The van der Waals surface area contributed by atoms with Crippen LogP contribution in [0.2, 0.25) is 5.02 Å². The summed E-state index contributed by atoms with van der Waals surface area (Å²) < 4.78 is 0. The molecule has 4 nitrogen and oxygen atoms in total. The van der Waals surface area contributed by atoms with Gasteiger partial charge in [0.15, 0.2) is 0 Å². The second-order valence-electron chi connectivity index (χ2n) is 5.47. The maximum atomic E-state index is 12.3. The molecule has 0 spiro atoms. The summed E-state index contributed by atoms with van der Waals surface area (Å²) in [6.07, 6.45) is 5.88. The highest BCUT2D eigenvalue weighted by molar-refractivity contribution is 6.33. The first-order valence-electron chi connectivity index (χ1n) is 7.61. The SMILES string of the molecule is O=C(CNc1cc(CO)ccc1Cl)N1CCCCCCC1. The second-order valence-corrected chi connectivity index (χ2v) is 5.88. The third-order valence-corrected chi connectivity index (χ3v) is 4.18. The van der Waals surface area contributed by atoms with E-state index in [1.54, 1.807) is 18.2 Å². The summed E-state index contributed by atoms with van der Waals surface area (Å²) in [5.41, 5.74) is 1.48. The van der Waals surface area contributed by atoms with Gasteiger partial charge in [0, 0.05) is 13.1 Å². The van der Waals surface area contributed by atoms with Crippen LogP contribution >= 0.6 is 11.6 Å². The molecule has 1 aromatic carbocycles. The first kappa shape index (κ1) is 16.1. The van der Waals surface area contributed by atoms with Crippen molar-refractivity contribution in [3.05, 3.63) is 28.8 Å². The molecule has 1 amide bonds. The van der Waals surface area contributed by atoms with Gasteiger partial charge in [0.2, 0.25) is 5.91 Å². The molecule has 0 atom stereocenters. The molecule has 0 saturated carbocycles. The number of anilines is 1. The fourth-order valence-electron chi connectivity index (χ4n) is 2.59. The number of halogens is 1. The van der Waals surface area contributed by atoms with Crippen LogP contribution < -0.4 is 5.32 Å². The lowest BCUT2D eigenvalue weighted by molar-refractivity contribution is -0.129. The maximum absolute atomic E-state index is 12.3. The molecule has 116 valence electrons. The second kappa shape index (κ2) is 8.25. The van der Waals surface area contributed by atoms with Crippen molar-refractivity contribution >= 4 is 23.2 Å². The van der Waals surface area contributed by atoms with Crippen molar-refractivity contribution < 1.29 is 9.90 Å². The highest BCUT2D eigenvalue weighted by Gasteiger charge is 2.14. The monoisotopic (exact) mass is 310 g/mol. The van der Waals surface area contributed by atoms with Crippen LogP contribution in [0.15, 0.2) is 18.2 Å². The Hall–Kier alpha value is -1.26. The summed E-state index contributed by atoms with van der Waals surface area (Å²) in [6.45, 7) is 1.91. The van der Waals surface area contributed by atoms with Crippen LogP contribution in [0.1, 0.15) is 37.7 Å². The molecule has 1 saturated heterocycles. The Balaban J connectivity index is 1.90. The predicted molar refractivity (Wildman–Crippen MR) is 85.5 cm³/mol. The van der Waals surface area contributed by atoms with Crippen LogP contribution in [0.5, 0.6) is 0 Å². The first-order valence-corrected chi connectivity index (χ1v) is 7.99. The van der Waals surface area contributed by atoms with E-state index in [-0.39, 0.29) is 19.1 Å². The molecular formula is C16H23ClN2O2. The molecule has 1 aliphatic heterocycles. The molecule has 1 heterocycles. The van der Waals surface area contributed by atoms with E-state index in [1.807, 2.05) is 4.90 Å². The summed E-state index contributed by atoms with van der Waals surface area (Å²) in [5.74, 6) is 0.113. The average Bonchev–Trinajstić information content (AvgIpc) is 2.46. The minimum absolute atomic E-state index is 0.0358. The molecule has 0 aromatic heterocycles. The number of hydrogen-bond donors (Lipinski definition) is 2. The maximum Gasteiger partial charge on any atom is 0.241 e. The zero-order chi connectivity index (χ0) is 15.1. The summed E-state index contributed by atoms with van der Waals surface area (Å²) in [6, 6.07) is 5.28. The zero-order valence-electron chi connectivity index (χ0n) is 12.3. The van der Waals surface area contributed by atoms with Crippen molar-refractivity contribution in [3.63, 3.8) is 0 Å². The fourth-order valence-corrected chi connectivity index (χ4v) is 2.77. The van der Waals surface area contributed by atoms with E-state index in [4.69, 9.17) is 16.7 Å². The molecule has 0 unspecified atom stereocenters. The number of nitrogens with zero attached hydrogens (tertiary/aromatic N) is 1. The molecule has 1 aromatic rings. The van der Waals surface area contributed by atoms with Gasteiger partial charge < -0.3 is 15.3 Å². The van der Waals surface area contributed by atoms with Gasteiger partial charge in [0.05, 0.1) is 23.9 Å². The van der Waals surface area contributed by atoms with Crippen LogP contribution in [0.4, 0.5) is 5.69 Å².